The molecule has 4 nitrogen and oxygen atoms in total. The van der Waals surface area contributed by atoms with Crippen LogP contribution in [0.25, 0.3) is 0 Å². The number of nitrogens with zero attached hydrogens (tertiary/aromatic N) is 1. The van der Waals surface area contributed by atoms with Gasteiger partial charge in [-0.05, 0) is 52.7 Å². The number of sulfonamides is 1. The van der Waals surface area contributed by atoms with Gasteiger partial charge in [-0.15, -0.1) is 0 Å². The molecule has 0 atom stereocenters. The summed E-state index contributed by atoms with van der Waals surface area (Å²) < 4.78 is 27.7. The summed E-state index contributed by atoms with van der Waals surface area (Å²) in [6.45, 7) is 1.78. The third-order valence-corrected chi connectivity index (χ3v) is 5.11. The number of hydrogen-bond donors (Lipinski definition) is 1. The van der Waals surface area contributed by atoms with E-state index in [1.54, 1.807) is 37.3 Å². The molecule has 0 saturated carbocycles. The number of nitrogens with one attached hydrogen (secondary N) is 1. The SMILES string of the molecule is Cc1ccc(C#N)cc1NS(=O)(=O)c1ccccc1Br. The van der Waals surface area contributed by atoms with Crippen molar-refractivity contribution in [1.82, 2.24) is 0 Å². The van der Waals surface area contributed by atoms with Gasteiger partial charge in [0.25, 0.3) is 10.0 Å². The molecule has 0 bridgehead atoms. The Hall–Kier alpha value is -1.84. The highest BCUT2D eigenvalue weighted by Gasteiger charge is 2.18. The van der Waals surface area contributed by atoms with Gasteiger partial charge in [-0.2, -0.15) is 5.26 Å². The van der Waals surface area contributed by atoms with Crippen molar-refractivity contribution in [2.24, 2.45) is 0 Å². The second kappa shape index (κ2) is 5.65. The molecule has 0 spiro atoms. The minimum Gasteiger partial charge on any atom is -0.279 e. The van der Waals surface area contributed by atoms with Gasteiger partial charge >= 0.3 is 0 Å². The van der Waals surface area contributed by atoms with Gasteiger partial charge in [0.05, 0.1) is 17.3 Å². The summed E-state index contributed by atoms with van der Waals surface area (Å²) >= 11 is 3.22. The maximum atomic E-state index is 12.4. The Labute approximate surface area is 126 Å². The molecule has 0 aliphatic heterocycles. The molecule has 2 rings (SSSR count). The normalized spacial score (nSPS) is 10.8. The van der Waals surface area contributed by atoms with Crippen LogP contribution >= 0.6 is 15.9 Å². The van der Waals surface area contributed by atoms with E-state index in [4.69, 9.17) is 5.26 Å². The van der Waals surface area contributed by atoms with Crippen molar-refractivity contribution in [2.75, 3.05) is 4.72 Å². The van der Waals surface area contributed by atoms with Crippen molar-refractivity contribution < 1.29 is 8.42 Å². The Morgan fingerprint density at radius 3 is 2.55 bits per heavy atom. The molecule has 0 radical (unpaired) electrons. The van der Waals surface area contributed by atoms with Crippen molar-refractivity contribution >= 4 is 31.6 Å². The topological polar surface area (TPSA) is 70.0 Å². The molecule has 20 heavy (non-hydrogen) atoms. The fraction of sp³-hybridized carbons (Fsp3) is 0.0714. The number of halogens is 1. The van der Waals surface area contributed by atoms with Gasteiger partial charge in [0.2, 0.25) is 0 Å². The first-order valence-electron chi connectivity index (χ1n) is 5.72. The van der Waals surface area contributed by atoms with Crippen LogP contribution in [-0.4, -0.2) is 8.42 Å². The van der Waals surface area contributed by atoms with Gasteiger partial charge in [0, 0.05) is 4.47 Å². The fourth-order valence-corrected chi connectivity index (χ4v) is 3.79. The number of benzene rings is 2. The van der Waals surface area contributed by atoms with E-state index in [0.29, 0.717) is 15.7 Å². The monoisotopic (exact) mass is 350 g/mol. The average molecular weight is 351 g/mol. The van der Waals surface area contributed by atoms with Gasteiger partial charge in [0.15, 0.2) is 0 Å². The van der Waals surface area contributed by atoms with Crippen LogP contribution in [0.2, 0.25) is 0 Å². The molecule has 0 aliphatic carbocycles. The molecule has 0 aromatic heterocycles. The second-order valence-corrected chi connectivity index (χ2v) is 6.68. The zero-order chi connectivity index (χ0) is 14.8. The van der Waals surface area contributed by atoms with Crippen molar-refractivity contribution in [3.8, 4) is 6.07 Å². The number of aryl methyl sites for hydroxylation is 1. The highest BCUT2D eigenvalue weighted by molar-refractivity contribution is 9.10. The Bertz CT molecular complexity index is 795. The van der Waals surface area contributed by atoms with Crippen molar-refractivity contribution in [2.45, 2.75) is 11.8 Å². The molecule has 1 N–H and O–H groups in total. The summed E-state index contributed by atoms with van der Waals surface area (Å²) in [4.78, 5) is 0.154. The first kappa shape index (κ1) is 14.6. The number of anilines is 1. The van der Waals surface area contributed by atoms with E-state index in [-0.39, 0.29) is 4.90 Å². The Morgan fingerprint density at radius 2 is 1.90 bits per heavy atom. The van der Waals surface area contributed by atoms with Crippen LogP contribution in [0.1, 0.15) is 11.1 Å². The molecule has 0 fully saturated rings. The molecular weight excluding hydrogens is 340 g/mol. The average Bonchev–Trinajstić information content (AvgIpc) is 2.41. The minimum absolute atomic E-state index is 0.154. The van der Waals surface area contributed by atoms with E-state index in [0.717, 1.165) is 5.56 Å². The van der Waals surface area contributed by atoms with Gasteiger partial charge < -0.3 is 0 Å². The molecule has 102 valence electrons. The van der Waals surface area contributed by atoms with E-state index in [1.807, 2.05) is 6.07 Å². The van der Waals surface area contributed by atoms with Crippen molar-refractivity contribution in [3.63, 3.8) is 0 Å². The molecule has 0 heterocycles. The molecule has 0 unspecified atom stereocenters. The standard InChI is InChI=1S/C14H11BrN2O2S/c1-10-6-7-11(9-16)8-13(10)17-20(18,19)14-5-3-2-4-12(14)15/h2-8,17H,1H3. The highest BCUT2D eigenvalue weighted by Crippen LogP contribution is 2.25. The van der Waals surface area contributed by atoms with E-state index in [9.17, 15) is 8.42 Å². The van der Waals surface area contributed by atoms with Gasteiger partial charge in [-0.3, -0.25) is 4.72 Å². The van der Waals surface area contributed by atoms with Crippen LogP contribution in [0.4, 0.5) is 5.69 Å². The van der Waals surface area contributed by atoms with Crippen LogP contribution in [0.5, 0.6) is 0 Å². The Morgan fingerprint density at radius 1 is 1.20 bits per heavy atom. The van der Waals surface area contributed by atoms with E-state index in [1.165, 1.54) is 12.1 Å². The van der Waals surface area contributed by atoms with E-state index >= 15 is 0 Å². The van der Waals surface area contributed by atoms with Crippen LogP contribution < -0.4 is 4.72 Å². The third-order valence-electron chi connectivity index (χ3n) is 2.74. The summed E-state index contributed by atoms with van der Waals surface area (Å²) in [5.41, 5.74) is 1.56. The predicted octanol–water partition coefficient (Wildman–Crippen LogP) is 3.43. The van der Waals surface area contributed by atoms with E-state index < -0.39 is 10.0 Å². The van der Waals surface area contributed by atoms with E-state index in [2.05, 4.69) is 20.7 Å². The fourth-order valence-electron chi connectivity index (χ4n) is 1.66. The maximum absolute atomic E-state index is 12.4. The lowest BCUT2D eigenvalue weighted by molar-refractivity contribution is 0.600. The van der Waals surface area contributed by atoms with Gasteiger partial charge in [-0.25, -0.2) is 8.42 Å². The first-order chi connectivity index (χ1) is 9.44. The number of hydrogen-bond acceptors (Lipinski definition) is 3. The van der Waals surface area contributed by atoms with Gasteiger partial charge in [0.1, 0.15) is 4.90 Å². The number of rotatable bonds is 3. The zero-order valence-corrected chi connectivity index (χ0v) is 13.0. The third kappa shape index (κ3) is 3.00. The molecule has 0 saturated heterocycles. The minimum atomic E-state index is -3.70. The lowest BCUT2D eigenvalue weighted by Gasteiger charge is -2.11. The molecule has 0 aliphatic rings. The smallest absolute Gasteiger partial charge is 0.263 e. The first-order valence-corrected chi connectivity index (χ1v) is 8.00. The lowest BCUT2D eigenvalue weighted by atomic mass is 10.1. The summed E-state index contributed by atoms with van der Waals surface area (Å²) in [6.07, 6.45) is 0. The van der Waals surface area contributed by atoms with Gasteiger partial charge in [-0.1, -0.05) is 18.2 Å². The number of nitriles is 1. The summed E-state index contributed by atoms with van der Waals surface area (Å²) in [5, 5.41) is 8.88. The summed E-state index contributed by atoms with van der Waals surface area (Å²) in [7, 11) is -3.70. The second-order valence-electron chi connectivity index (χ2n) is 4.18. The zero-order valence-electron chi connectivity index (χ0n) is 10.6. The van der Waals surface area contributed by atoms with Crippen LogP contribution in [0.15, 0.2) is 51.8 Å². The molecule has 6 heteroatoms. The molecule has 2 aromatic rings. The summed E-state index contributed by atoms with van der Waals surface area (Å²) in [5.74, 6) is 0. The maximum Gasteiger partial charge on any atom is 0.263 e. The van der Waals surface area contributed by atoms with Crippen LogP contribution in [0.3, 0.4) is 0 Å². The summed E-state index contributed by atoms with van der Waals surface area (Å²) in [6, 6.07) is 13.4. The Kier molecular flexibility index (Phi) is 4.12. The molecule has 0 amide bonds. The Balaban J connectivity index is 2.44. The van der Waals surface area contributed by atoms with Crippen LogP contribution in [-0.2, 0) is 10.0 Å². The van der Waals surface area contributed by atoms with Crippen LogP contribution in [0, 0.1) is 18.3 Å². The quantitative estimate of drug-likeness (QED) is 0.921. The predicted molar refractivity (Wildman–Crippen MR) is 80.8 cm³/mol. The lowest BCUT2D eigenvalue weighted by Crippen LogP contribution is -2.14. The highest BCUT2D eigenvalue weighted by atomic mass is 79.9. The largest absolute Gasteiger partial charge is 0.279 e. The van der Waals surface area contributed by atoms with Crippen molar-refractivity contribution in [1.29, 1.82) is 5.26 Å². The molecular formula is C14H11BrN2O2S. The molecule has 2 aromatic carbocycles. The van der Waals surface area contributed by atoms with Crippen molar-refractivity contribution in [3.05, 3.63) is 58.1 Å².